The molecule has 2 N–H and O–H groups in total. The normalized spacial score (nSPS) is 11.5. The molecule has 140 valence electrons. The first-order valence-corrected chi connectivity index (χ1v) is 8.46. The molecule has 0 fully saturated rings. The topological polar surface area (TPSA) is 131 Å². The number of aryl methyl sites for hydroxylation is 1. The lowest BCUT2D eigenvalue weighted by molar-refractivity contribution is -0.384. The van der Waals surface area contributed by atoms with Crippen LogP contribution in [0.4, 0.5) is 11.6 Å². The number of nitrogens with one attached hydrogen (secondary N) is 1. The molecule has 0 aliphatic carbocycles. The summed E-state index contributed by atoms with van der Waals surface area (Å²) in [5.41, 5.74) is 5.08. The Morgan fingerprint density at radius 3 is 2.89 bits per heavy atom. The van der Waals surface area contributed by atoms with Gasteiger partial charge in [0.15, 0.2) is 5.65 Å². The largest absolute Gasteiger partial charge is 0.507 e. The number of nitro benzene ring substituents is 1. The Kier molecular flexibility index (Phi) is 4.28. The van der Waals surface area contributed by atoms with E-state index in [1.54, 1.807) is 0 Å². The molecule has 10 nitrogen and oxygen atoms in total. The maximum atomic E-state index is 10.9. The Hall–Kier alpha value is -4.08. The molecule has 10 heteroatoms. The zero-order valence-electron chi connectivity index (χ0n) is 14.8. The van der Waals surface area contributed by atoms with Gasteiger partial charge in [-0.25, -0.2) is 5.43 Å². The van der Waals surface area contributed by atoms with Crippen LogP contribution in [-0.2, 0) is 6.54 Å². The number of rotatable bonds is 5. The Morgan fingerprint density at radius 1 is 1.29 bits per heavy atom. The summed E-state index contributed by atoms with van der Waals surface area (Å²) in [5, 5.41) is 33.9. The van der Waals surface area contributed by atoms with Crippen molar-refractivity contribution in [2.75, 3.05) is 5.43 Å². The second-order valence-corrected chi connectivity index (χ2v) is 5.94. The number of hydrazone groups is 1. The number of benzene rings is 2. The van der Waals surface area contributed by atoms with E-state index in [0.717, 1.165) is 10.9 Å². The van der Waals surface area contributed by atoms with E-state index in [1.165, 1.54) is 24.4 Å². The number of hydrogen-bond acceptors (Lipinski definition) is 8. The lowest BCUT2D eigenvalue weighted by Crippen LogP contribution is -2.02. The minimum absolute atomic E-state index is 0.128. The Labute approximate surface area is 158 Å². The molecule has 0 bridgehead atoms. The molecule has 0 saturated carbocycles. The summed E-state index contributed by atoms with van der Waals surface area (Å²) in [6, 6.07) is 11.5. The molecule has 2 aromatic heterocycles. The van der Waals surface area contributed by atoms with Gasteiger partial charge in [-0.05, 0) is 19.1 Å². The first-order valence-electron chi connectivity index (χ1n) is 8.46. The number of aromatic hydroxyl groups is 1. The lowest BCUT2D eigenvalue weighted by atomic mass is 10.2. The predicted octanol–water partition coefficient (Wildman–Crippen LogP) is 3.06. The molecular formula is C18H15N7O3. The molecule has 0 aliphatic heterocycles. The summed E-state index contributed by atoms with van der Waals surface area (Å²) >= 11 is 0. The predicted molar refractivity (Wildman–Crippen MR) is 104 cm³/mol. The number of anilines is 1. The number of phenolic OH excluding ortho intramolecular Hbond substituents is 1. The minimum Gasteiger partial charge on any atom is -0.507 e. The summed E-state index contributed by atoms with van der Waals surface area (Å²) in [6.45, 7) is 2.73. The van der Waals surface area contributed by atoms with Gasteiger partial charge in [-0.3, -0.25) is 10.1 Å². The zero-order chi connectivity index (χ0) is 19.7. The molecule has 0 atom stereocenters. The highest BCUT2D eigenvalue weighted by Crippen LogP contribution is 2.26. The number of nitrogens with zero attached hydrogens (tertiary/aromatic N) is 6. The fraction of sp³-hybridized carbons (Fsp3) is 0.111. The van der Waals surface area contributed by atoms with Crippen molar-refractivity contribution in [3.05, 3.63) is 58.1 Å². The molecule has 0 amide bonds. The molecule has 0 unspecified atom stereocenters. The highest BCUT2D eigenvalue weighted by atomic mass is 16.6. The number of fused-ring (bicyclic) bond motifs is 3. The van der Waals surface area contributed by atoms with E-state index in [9.17, 15) is 15.2 Å². The van der Waals surface area contributed by atoms with Gasteiger partial charge in [0.1, 0.15) is 11.3 Å². The smallest absolute Gasteiger partial charge is 0.270 e. The standard InChI is InChI=1S/C18H15N7O3/c1-2-24-14-6-4-3-5-13(14)16-17(24)20-18(23-21-16)22-19-10-11-9-12(25(27)28)7-8-15(11)26/h3-10,26H,2H2,1H3,(H,20,22,23)/b19-10-. The molecule has 2 heterocycles. The fourth-order valence-corrected chi connectivity index (χ4v) is 2.99. The van der Waals surface area contributed by atoms with Crippen molar-refractivity contribution < 1.29 is 10.0 Å². The van der Waals surface area contributed by atoms with E-state index in [1.807, 2.05) is 35.8 Å². The first kappa shape index (κ1) is 17.3. The molecule has 0 aliphatic rings. The van der Waals surface area contributed by atoms with Crippen LogP contribution >= 0.6 is 0 Å². The molecule has 4 rings (SSSR count). The number of non-ortho nitro benzene ring substituents is 1. The van der Waals surface area contributed by atoms with Gasteiger partial charge >= 0.3 is 0 Å². The highest BCUT2D eigenvalue weighted by Gasteiger charge is 2.13. The molecule has 0 saturated heterocycles. The van der Waals surface area contributed by atoms with Crippen molar-refractivity contribution in [3.8, 4) is 5.75 Å². The van der Waals surface area contributed by atoms with Crippen molar-refractivity contribution in [3.63, 3.8) is 0 Å². The van der Waals surface area contributed by atoms with Gasteiger partial charge in [0.25, 0.3) is 11.6 Å². The molecule has 0 spiro atoms. The van der Waals surface area contributed by atoms with Crippen LogP contribution in [0.25, 0.3) is 22.1 Å². The number of nitro groups is 1. The molecule has 2 aromatic carbocycles. The third-order valence-corrected chi connectivity index (χ3v) is 4.28. The van der Waals surface area contributed by atoms with Crippen LogP contribution in [0.3, 0.4) is 0 Å². The summed E-state index contributed by atoms with van der Waals surface area (Å²) in [4.78, 5) is 14.8. The van der Waals surface area contributed by atoms with Gasteiger partial charge in [0.2, 0.25) is 0 Å². The summed E-state index contributed by atoms with van der Waals surface area (Å²) in [5.74, 6) is 0.0444. The average molecular weight is 377 g/mol. The number of para-hydroxylation sites is 1. The van der Waals surface area contributed by atoms with E-state index in [2.05, 4.69) is 25.7 Å². The van der Waals surface area contributed by atoms with E-state index >= 15 is 0 Å². The number of phenols is 1. The summed E-state index contributed by atoms with van der Waals surface area (Å²) in [6.07, 6.45) is 1.26. The maximum absolute atomic E-state index is 10.9. The van der Waals surface area contributed by atoms with Crippen molar-refractivity contribution in [2.24, 2.45) is 5.10 Å². The third kappa shape index (κ3) is 2.96. The van der Waals surface area contributed by atoms with Crippen LogP contribution in [0.5, 0.6) is 5.75 Å². The number of hydrogen-bond donors (Lipinski definition) is 2. The quantitative estimate of drug-likeness (QED) is 0.310. The second kappa shape index (κ2) is 6.91. The fourth-order valence-electron chi connectivity index (χ4n) is 2.99. The molecule has 4 aromatic rings. The van der Waals surface area contributed by atoms with Gasteiger partial charge < -0.3 is 9.67 Å². The van der Waals surface area contributed by atoms with Crippen LogP contribution in [0, 0.1) is 10.1 Å². The van der Waals surface area contributed by atoms with Crippen molar-refractivity contribution in [1.82, 2.24) is 19.7 Å². The van der Waals surface area contributed by atoms with Gasteiger partial charge in [0.05, 0.1) is 16.7 Å². The SMILES string of the molecule is CCn1c2ccccc2c2nnc(N/N=C\c3cc([N+](=O)[O-])ccc3O)nc21. The van der Waals surface area contributed by atoms with Crippen molar-refractivity contribution in [2.45, 2.75) is 13.5 Å². The van der Waals surface area contributed by atoms with Gasteiger partial charge in [-0.2, -0.15) is 10.1 Å². The Morgan fingerprint density at radius 2 is 2.11 bits per heavy atom. The monoisotopic (exact) mass is 377 g/mol. The molecule has 28 heavy (non-hydrogen) atoms. The van der Waals surface area contributed by atoms with Gasteiger partial charge in [-0.15, -0.1) is 10.2 Å². The van der Waals surface area contributed by atoms with Crippen LogP contribution in [0.2, 0.25) is 0 Å². The van der Waals surface area contributed by atoms with Crippen LogP contribution in [-0.4, -0.2) is 36.0 Å². The van der Waals surface area contributed by atoms with E-state index < -0.39 is 4.92 Å². The maximum Gasteiger partial charge on any atom is 0.270 e. The van der Waals surface area contributed by atoms with Crippen LogP contribution in [0.1, 0.15) is 12.5 Å². The lowest BCUT2D eigenvalue weighted by Gasteiger charge is -2.02. The summed E-state index contributed by atoms with van der Waals surface area (Å²) in [7, 11) is 0. The van der Waals surface area contributed by atoms with Gasteiger partial charge in [0, 0.05) is 29.6 Å². The zero-order valence-corrected chi connectivity index (χ0v) is 14.8. The van der Waals surface area contributed by atoms with E-state index in [-0.39, 0.29) is 22.9 Å². The summed E-state index contributed by atoms with van der Waals surface area (Å²) < 4.78 is 2.03. The second-order valence-electron chi connectivity index (χ2n) is 5.94. The Bertz CT molecular complexity index is 1230. The van der Waals surface area contributed by atoms with Crippen molar-refractivity contribution in [1.29, 1.82) is 0 Å². The van der Waals surface area contributed by atoms with Gasteiger partial charge in [-0.1, -0.05) is 18.2 Å². The van der Waals surface area contributed by atoms with E-state index in [4.69, 9.17) is 0 Å². The molecular weight excluding hydrogens is 362 g/mol. The Balaban J connectivity index is 1.66. The highest BCUT2D eigenvalue weighted by molar-refractivity contribution is 6.04. The van der Waals surface area contributed by atoms with Crippen molar-refractivity contribution >= 4 is 39.9 Å². The first-order chi connectivity index (χ1) is 13.6. The molecule has 0 radical (unpaired) electrons. The minimum atomic E-state index is -0.547. The average Bonchev–Trinajstić information content (AvgIpc) is 3.02. The number of aromatic nitrogens is 4. The third-order valence-electron chi connectivity index (χ3n) is 4.28. The van der Waals surface area contributed by atoms with E-state index in [0.29, 0.717) is 17.7 Å². The van der Waals surface area contributed by atoms with Crippen LogP contribution in [0.15, 0.2) is 47.6 Å². The van der Waals surface area contributed by atoms with Crippen LogP contribution < -0.4 is 5.43 Å².